The first kappa shape index (κ1) is 9.55. The van der Waals surface area contributed by atoms with Crippen molar-refractivity contribution in [3.05, 3.63) is 34.5 Å². The van der Waals surface area contributed by atoms with Crippen LogP contribution in [0.2, 0.25) is 5.15 Å². The highest BCUT2D eigenvalue weighted by Gasteiger charge is 2.01. The highest BCUT2D eigenvalue weighted by atomic mass is 79.9. The summed E-state index contributed by atoms with van der Waals surface area (Å²) in [5.41, 5.74) is 0. The fourth-order valence-corrected chi connectivity index (χ4v) is 1.34. The first-order valence-corrected chi connectivity index (χ1v) is 4.47. The number of hydrogen-bond acceptors (Lipinski definition) is 2. The topological polar surface area (TPSA) is 22.1 Å². The Balaban J connectivity index is 2.78. The number of rotatable bonds is 3. The molecular weight excluding hydrogens is 241 g/mol. The molecule has 12 heavy (non-hydrogen) atoms. The molecule has 0 aliphatic rings. The predicted molar refractivity (Wildman–Crippen MR) is 52.6 cm³/mol. The molecule has 0 amide bonds. The highest BCUT2D eigenvalue weighted by molar-refractivity contribution is 9.10. The van der Waals surface area contributed by atoms with E-state index in [9.17, 15) is 0 Å². The molecule has 4 heteroatoms. The lowest BCUT2D eigenvalue weighted by Crippen LogP contribution is -1.94. The van der Waals surface area contributed by atoms with Gasteiger partial charge in [0, 0.05) is 0 Å². The first-order valence-electron chi connectivity index (χ1n) is 3.30. The van der Waals surface area contributed by atoms with E-state index in [1.54, 1.807) is 18.2 Å². The van der Waals surface area contributed by atoms with Crippen molar-refractivity contribution in [1.29, 1.82) is 0 Å². The summed E-state index contributed by atoms with van der Waals surface area (Å²) in [5.74, 6) is 0.666. The van der Waals surface area contributed by atoms with Crippen LogP contribution in [-0.4, -0.2) is 11.6 Å². The Morgan fingerprint density at radius 3 is 3.00 bits per heavy atom. The van der Waals surface area contributed by atoms with Crippen molar-refractivity contribution in [2.24, 2.45) is 0 Å². The van der Waals surface area contributed by atoms with Crippen molar-refractivity contribution in [2.75, 3.05) is 6.61 Å². The average Bonchev–Trinajstić information content (AvgIpc) is 2.03. The molecule has 0 N–H and O–H groups in total. The van der Waals surface area contributed by atoms with Gasteiger partial charge in [-0.25, -0.2) is 4.98 Å². The zero-order valence-electron chi connectivity index (χ0n) is 6.26. The van der Waals surface area contributed by atoms with Gasteiger partial charge in [-0.15, -0.1) is 0 Å². The van der Waals surface area contributed by atoms with E-state index in [2.05, 4.69) is 27.5 Å². The van der Waals surface area contributed by atoms with Crippen LogP contribution in [0.4, 0.5) is 0 Å². The summed E-state index contributed by atoms with van der Waals surface area (Å²) in [6.07, 6.45) is 1.67. The van der Waals surface area contributed by atoms with Crippen LogP contribution < -0.4 is 4.74 Å². The molecular formula is C8H7BrClNO. The van der Waals surface area contributed by atoms with Gasteiger partial charge >= 0.3 is 0 Å². The number of pyridine rings is 1. The molecule has 1 aromatic rings. The van der Waals surface area contributed by atoms with Crippen LogP contribution in [0.25, 0.3) is 0 Å². The van der Waals surface area contributed by atoms with Gasteiger partial charge in [0.2, 0.25) is 0 Å². The maximum atomic E-state index is 5.63. The summed E-state index contributed by atoms with van der Waals surface area (Å²) in [5, 5.41) is 0.438. The number of hydrogen-bond donors (Lipinski definition) is 0. The van der Waals surface area contributed by atoms with E-state index in [1.807, 2.05) is 0 Å². The van der Waals surface area contributed by atoms with E-state index in [0.29, 0.717) is 22.1 Å². The SMILES string of the molecule is C=CCOc1ccc(Cl)nc1Br. The second kappa shape index (κ2) is 4.48. The van der Waals surface area contributed by atoms with Gasteiger partial charge in [-0.1, -0.05) is 24.3 Å². The molecule has 2 nitrogen and oxygen atoms in total. The fourth-order valence-electron chi connectivity index (χ4n) is 0.656. The molecule has 1 heterocycles. The fraction of sp³-hybridized carbons (Fsp3) is 0.125. The Bertz CT molecular complexity index is 290. The Kier molecular flexibility index (Phi) is 3.56. The standard InChI is InChI=1S/C8H7BrClNO/c1-2-5-12-6-3-4-7(10)11-8(6)9/h2-4H,1,5H2. The van der Waals surface area contributed by atoms with Crippen molar-refractivity contribution < 1.29 is 4.74 Å². The van der Waals surface area contributed by atoms with Crippen molar-refractivity contribution >= 4 is 27.5 Å². The molecule has 0 atom stereocenters. The van der Waals surface area contributed by atoms with Crippen LogP contribution >= 0.6 is 27.5 Å². The van der Waals surface area contributed by atoms with Crippen molar-refractivity contribution in [3.8, 4) is 5.75 Å². The Hall–Kier alpha value is -0.540. The third-order valence-corrected chi connectivity index (χ3v) is 1.92. The molecule has 0 aromatic carbocycles. The number of nitrogens with zero attached hydrogens (tertiary/aromatic N) is 1. The molecule has 0 spiro atoms. The lowest BCUT2D eigenvalue weighted by molar-refractivity contribution is 0.359. The molecule has 1 rings (SSSR count). The van der Waals surface area contributed by atoms with Crippen molar-refractivity contribution in [3.63, 3.8) is 0 Å². The number of halogens is 2. The van der Waals surface area contributed by atoms with Gasteiger partial charge in [-0.05, 0) is 28.1 Å². The van der Waals surface area contributed by atoms with Gasteiger partial charge in [-0.3, -0.25) is 0 Å². The second-order valence-electron chi connectivity index (χ2n) is 2.02. The zero-order chi connectivity index (χ0) is 8.97. The summed E-state index contributed by atoms with van der Waals surface area (Å²) < 4.78 is 5.86. The molecule has 0 aliphatic heterocycles. The first-order chi connectivity index (χ1) is 5.74. The van der Waals surface area contributed by atoms with Crippen LogP contribution in [0, 0.1) is 0 Å². The van der Waals surface area contributed by atoms with Gasteiger partial charge in [0.25, 0.3) is 0 Å². The summed E-state index contributed by atoms with van der Waals surface area (Å²) in [4.78, 5) is 3.95. The normalized spacial score (nSPS) is 9.50. The molecule has 0 unspecified atom stereocenters. The lowest BCUT2D eigenvalue weighted by Gasteiger charge is -2.03. The van der Waals surface area contributed by atoms with E-state index >= 15 is 0 Å². The molecule has 0 fully saturated rings. The van der Waals surface area contributed by atoms with Gasteiger partial charge < -0.3 is 4.74 Å². The smallest absolute Gasteiger partial charge is 0.152 e. The number of aromatic nitrogens is 1. The maximum Gasteiger partial charge on any atom is 0.152 e. The van der Waals surface area contributed by atoms with E-state index in [0.717, 1.165) is 0 Å². The summed E-state index contributed by atoms with van der Waals surface area (Å²) >= 11 is 8.86. The monoisotopic (exact) mass is 247 g/mol. The lowest BCUT2D eigenvalue weighted by atomic mass is 10.5. The second-order valence-corrected chi connectivity index (χ2v) is 3.16. The minimum atomic E-state index is 0.438. The van der Waals surface area contributed by atoms with Crippen molar-refractivity contribution in [2.45, 2.75) is 0 Å². The van der Waals surface area contributed by atoms with E-state index < -0.39 is 0 Å². The van der Waals surface area contributed by atoms with E-state index in [-0.39, 0.29) is 0 Å². The summed E-state index contributed by atoms with van der Waals surface area (Å²) in [7, 11) is 0. The molecule has 0 aliphatic carbocycles. The maximum absolute atomic E-state index is 5.63. The minimum Gasteiger partial charge on any atom is -0.487 e. The van der Waals surface area contributed by atoms with Gasteiger partial charge in [0.05, 0.1) is 0 Å². The van der Waals surface area contributed by atoms with Crippen molar-refractivity contribution in [1.82, 2.24) is 4.98 Å². The van der Waals surface area contributed by atoms with Gasteiger partial charge in [-0.2, -0.15) is 0 Å². The molecule has 0 radical (unpaired) electrons. The highest BCUT2D eigenvalue weighted by Crippen LogP contribution is 2.24. The largest absolute Gasteiger partial charge is 0.487 e. The molecule has 0 bridgehead atoms. The molecule has 0 saturated heterocycles. The minimum absolute atomic E-state index is 0.438. The molecule has 1 aromatic heterocycles. The summed E-state index contributed by atoms with van der Waals surface area (Å²) in [6.45, 7) is 4.00. The zero-order valence-corrected chi connectivity index (χ0v) is 8.60. The van der Waals surface area contributed by atoms with E-state index in [4.69, 9.17) is 16.3 Å². The molecule has 0 saturated carbocycles. The third-order valence-electron chi connectivity index (χ3n) is 1.14. The van der Waals surface area contributed by atoms with Gasteiger partial charge in [0.15, 0.2) is 5.75 Å². The summed E-state index contributed by atoms with van der Waals surface area (Å²) in [6, 6.07) is 3.42. The third kappa shape index (κ3) is 2.50. The quantitative estimate of drug-likeness (QED) is 0.606. The van der Waals surface area contributed by atoms with E-state index in [1.165, 1.54) is 0 Å². The van der Waals surface area contributed by atoms with Gasteiger partial charge in [0.1, 0.15) is 16.4 Å². The van der Waals surface area contributed by atoms with Crippen LogP contribution in [0.5, 0.6) is 5.75 Å². The number of ether oxygens (including phenoxy) is 1. The van der Waals surface area contributed by atoms with Crippen LogP contribution in [0.1, 0.15) is 0 Å². The Labute approximate surface area is 84.3 Å². The predicted octanol–water partition coefficient (Wildman–Crippen LogP) is 3.06. The van der Waals surface area contributed by atoms with Crippen LogP contribution in [0.3, 0.4) is 0 Å². The Morgan fingerprint density at radius 2 is 2.42 bits per heavy atom. The Morgan fingerprint density at radius 1 is 1.67 bits per heavy atom. The van der Waals surface area contributed by atoms with Crippen LogP contribution in [0.15, 0.2) is 29.4 Å². The average molecular weight is 249 g/mol. The van der Waals surface area contributed by atoms with Crippen LogP contribution in [-0.2, 0) is 0 Å². The molecule has 64 valence electrons.